The van der Waals surface area contributed by atoms with Crippen LogP contribution in [-0.4, -0.2) is 6.54 Å². The molecule has 0 spiro atoms. The van der Waals surface area contributed by atoms with Gasteiger partial charge in [0.2, 0.25) is 0 Å². The molecule has 0 aromatic heterocycles. The second-order valence-electron chi connectivity index (χ2n) is 5.12. The Labute approximate surface area is 103 Å². The molecule has 1 aliphatic carbocycles. The highest BCUT2D eigenvalue weighted by atomic mass is 14.8. The van der Waals surface area contributed by atoms with Crippen LogP contribution in [0.2, 0.25) is 0 Å². The van der Waals surface area contributed by atoms with Crippen molar-refractivity contribution in [2.75, 3.05) is 6.54 Å². The van der Waals surface area contributed by atoms with Crippen molar-refractivity contribution in [2.45, 2.75) is 31.6 Å². The van der Waals surface area contributed by atoms with Gasteiger partial charge in [0, 0.05) is 12.7 Å². The van der Waals surface area contributed by atoms with E-state index >= 15 is 0 Å². The van der Waals surface area contributed by atoms with Crippen LogP contribution in [0.15, 0.2) is 42.6 Å². The molecule has 1 nitrogen and oxygen atoms in total. The summed E-state index contributed by atoms with van der Waals surface area (Å²) < 4.78 is 0. The van der Waals surface area contributed by atoms with Gasteiger partial charge in [-0.2, -0.15) is 0 Å². The van der Waals surface area contributed by atoms with Crippen molar-refractivity contribution in [2.24, 2.45) is 0 Å². The summed E-state index contributed by atoms with van der Waals surface area (Å²) in [6, 6.07) is 9.15. The van der Waals surface area contributed by atoms with Gasteiger partial charge >= 0.3 is 0 Å². The molecule has 1 aliphatic heterocycles. The molecular formula is C16H19N. The van der Waals surface area contributed by atoms with Gasteiger partial charge < -0.3 is 5.32 Å². The largest absolute Gasteiger partial charge is 0.387 e. The highest BCUT2D eigenvalue weighted by Gasteiger charge is 2.41. The molecule has 3 rings (SSSR count). The van der Waals surface area contributed by atoms with E-state index in [9.17, 15) is 0 Å². The standard InChI is InChI=1S/C16H19N/c1-2-16(9-10-16)15-7-5-13(6-8-15)14-4-3-11-17-12-14/h3-8,12,17H,2,9-11H2,1H3. The van der Waals surface area contributed by atoms with Gasteiger partial charge in [-0.05, 0) is 41.4 Å². The van der Waals surface area contributed by atoms with Gasteiger partial charge in [-0.15, -0.1) is 0 Å². The van der Waals surface area contributed by atoms with Gasteiger partial charge in [0.15, 0.2) is 0 Å². The average Bonchev–Trinajstić information content (AvgIpc) is 3.21. The summed E-state index contributed by atoms with van der Waals surface area (Å²) in [7, 11) is 0. The first-order chi connectivity index (χ1) is 8.34. The summed E-state index contributed by atoms with van der Waals surface area (Å²) in [6.07, 6.45) is 10.5. The Hall–Kier alpha value is -1.50. The van der Waals surface area contributed by atoms with E-state index in [1.165, 1.54) is 36.0 Å². The fourth-order valence-corrected chi connectivity index (χ4v) is 2.66. The smallest absolute Gasteiger partial charge is 0.0328 e. The van der Waals surface area contributed by atoms with Crippen molar-refractivity contribution in [3.05, 3.63) is 53.7 Å². The van der Waals surface area contributed by atoms with Crippen LogP contribution in [0.25, 0.3) is 5.57 Å². The Kier molecular flexibility index (Phi) is 2.54. The number of hydrogen-bond donors (Lipinski definition) is 1. The van der Waals surface area contributed by atoms with Crippen molar-refractivity contribution in [1.82, 2.24) is 5.32 Å². The van der Waals surface area contributed by atoms with Crippen molar-refractivity contribution >= 4 is 5.57 Å². The molecule has 1 aromatic rings. The SMILES string of the molecule is CCC1(c2ccc(C3=CNCC=C3)cc2)CC1. The lowest BCUT2D eigenvalue weighted by Crippen LogP contribution is -2.09. The molecule has 0 unspecified atom stereocenters. The van der Waals surface area contributed by atoms with Crippen molar-refractivity contribution in [3.8, 4) is 0 Å². The Bertz CT molecular complexity index is 461. The fourth-order valence-electron chi connectivity index (χ4n) is 2.66. The van der Waals surface area contributed by atoms with E-state index in [4.69, 9.17) is 0 Å². The summed E-state index contributed by atoms with van der Waals surface area (Å²) in [6.45, 7) is 3.25. The molecule has 1 heterocycles. The maximum atomic E-state index is 3.25. The molecule has 2 aliphatic rings. The highest BCUT2D eigenvalue weighted by Crippen LogP contribution is 2.50. The van der Waals surface area contributed by atoms with Crippen LogP contribution in [0.4, 0.5) is 0 Å². The summed E-state index contributed by atoms with van der Waals surface area (Å²) >= 11 is 0. The van der Waals surface area contributed by atoms with E-state index in [1.807, 2.05) is 0 Å². The lowest BCUT2D eigenvalue weighted by molar-refractivity contribution is 0.664. The van der Waals surface area contributed by atoms with Crippen LogP contribution >= 0.6 is 0 Å². The number of hydrogen-bond acceptors (Lipinski definition) is 1. The van der Waals surface area contributed by atoms with Gasteiger partial charge in [0.05, 0.1) is 0 Å². The third-order valence-electron chi connectivity index (χ3n) is 4.15. The minimum Gasteiger partial charge on any atom is -0.387 e. The molecular weight excluding hydrogens is 206 g/mol. The fraction of sp³-hybridized carbons (Fsp3) is 0.375. The van der Waals surface area contributed by atoms with E-state index in [2.05, 4.69) is 54.9 Å². The van der Waals surface area contributed by atoms with Crippen LogP contribution in [0.3, 0.4) is 0 Å². The number of allylic oxidation sites excluding steroid dienone is 2. The number of dihydropyridines is 1. The number of rotatable bonds is 3. The molecule has 88 valence electrons. The van der Waals surface area contributed by atoms with Crippen molar-refractivity contribution in [1.29, 1.82) is 0 Å². The molecule has 0 saturated heterocycles. The zero-order valence-corrected chi connectivity index (χ0v) is 10.4. The maximum absolute atomic E-state index is 3.25. The predicted molar refractivity (Wildman–Crippen MR) is 72.8 cm³/mol. The summed E-state index contributed by atoms with van der Waals surface area (Å²) in [5.41, 5.74) is 4.64. The first kappa shape index (κ1) is 10.6. The average molecular weight is 225 g/mol. The molecule has 0 amide bonds. The minimum absolute atomic E-state index is 0.521. The molecule has 1 aromatic carbocycles. The van der Waals surface area contributed by atoms with Crippen LogP contribution in [0, 0.1) is 0 Å². The first-order valence-corrected chi connectivity index (χ1v) is 6.55. The quantitative estimate of drug-likeness (QED) is 0.828. The van der Waals surface area contributed by atoms with E-state index < -0.39 is 0 Å². The van der Waals surface area contributed by atoms with E-state index in [-0.39, 0.29) is 0 Å². The van der Waals surface area contributed by atoms with Crippen LogP contribution < -0.4 is 5.32 Å². The minimum atomic E-state index is 0.521. The molecule has 0 bridgehead atoms. The van der Waals surface area contributed by atoms with Gasteiger partial charge in [0.25, 0.3) is 0 Å². The molecule has 0 atom stereocenters. The Morgan fingerprint density at radius 3 is 2.47 bits per heavy atom. The van der Waals surface area contributed by atoms with Crippen LogP contribution in [0.5, 0.6) is 0 Å². The Morgan fingerprint density at radius 1 is 1.18 bits per heavy atom. The van der Waals surface area contributed by atoms with Gasteiger partial charge in [0.1, 0.15) is 0 Å². The van der Waals surface area contributed by atoms with Crippen LogP contribution in [0.1, 0.15) is 37.3 Å². The van der Waals surface area contributed by atoms with E-state index in [1.54, 1.807) is 0 Å². The summed E-state index contributed by atoms with van der Waals surface area (Å²) in [4.78, 5) is 0. The molecule has 1 saturated carbocycles. The topological polar surface area (TPSA) is 12.0 Å². The zero-order chi connectivity index (χ0) is 11.7. The highest BCUT2D eigenvalue weighted by molar-refractivity contribution is 5.74. The molecule has 1 N–H and O–H groups in total. The molecule has 0 radical (unpaired) electrons. The van der Waals surface area contributed by atoms with Gasteiger partial charge in [-0.3, -0.25) is 0 Å². The van der Waals surface area contributed by atoms with Crippen molar-refractivity contribution in [3.63, 3.8) is 0 Å². The first-order valence-electron chi connectivity index (χ1n) is 6.55. The molecule has 17 heavy (non-hydrogen) atoms. The third-order valence-corrected chi connectivity index (χ3v) is 4.15. The predicted octanol–water partition coefficient (Wildman–Crippen LogP) is 3.63. The lowest BCUT2D eigenvalue weighted by Gasteiger charge is -2.14. The number of nitrogens with one attached hydrogen (secondary N) is 1. The molecule has 1 fully saturated rings. The van der Waals surface area contributed by atoms with E-state index in [0.717, 1.165) is 6.54 Å². The van der Waals surface area contributed by atoms with Crippen LogP contribution in [-0.2, 0) is 5.41 Å². The summed E-state index contributed by atoms with van der Waals surface area (Å²) in [5.74, 6) is 0. The zero-order valence-electron chi connectivity index (χ0n) is 10.4. The normalized spacial score (nSPS) is 20.6. The third kappa shape index (κ3) is 1.90. The second-order valence-corrected chi connectivity index (χ2v) is 5.12. The Morgan fingerprint density at radius 2 is 1.94 bits per heavy atom. The lowest BCUT2D eigenvalue weighted by atomic mass is 9.91. The van der Waals surface area contributed by atoms with Gasteiger partial charge in [-0.25, -0.2) is 0 Å². The van der Waals surface area contributed by atoms with Crippen molar-refractivity contribution < 1.29 is 0 Å². The monoisotopic (exact) mass is 225 g/mol. The second kappa shape index (κ2) is 4.06. The Balaban J connectivity index is 1.85. The van der Waals surface area contributed by atoms with E-state index in [0.29, 0.717) is 5.41 Å². The molecule has 1 heteroatoms. The number of benzene rings is 1. The maximum Gasteiger partial charge on any atom is 0.0328 e. The summed E-state index contributed by atoms with van der Waals surface area (Å²) in [5, 5.41) is 3.25. The van der Waals surface area contributed by atoms with Gasteiger partial charge in [-0.1, -0.05) is 43.3 Å².